The molecule has 0 aromatic rings. The van der Waals surface area contributed by atoms with Gasteiger partial charge in [-0.3, -0.25) is 4.79 Å². The Balaban J connectivity index is -0.0000000676. The molecule has 0 saturated carbocycles. The minimum absolute atomic E-state index is 0.188. The van der Waals surface area contributed by atoms with Crippen molar-refractivity contribution < 1.29 is 30.0 Å². The van der Waals surface area contributed by atoms with Crippen LogP contribution in [0.5, 0.6) is 0 Å². The van der Waals surface area contributed by atoms with Gasteiger partial charge in [-0.15, -0.1) is 25.5 Å². The van der Waals surface area contributed by atoms with Crippen LogP contribution in [0.15, 0.2) is 25.3 Å². The molecule has 250 valence electrons. The molecule has 0 fully saturated rings. The summed E-state index contributed by atoms with van der Waals surface area (Å²) in [6.07, 6.45) is 12.5. The van der Waals surface area contributed by atoms with Gasteiger partial charge < -0.3 is 25.2 Å². The summed E-state index contributed by atoms with van der Waals surface area (Å²) >= 11 is 4.52. The summed E-state index contributed by atoms with van der Waals surface area (Å²) in [4.78, 5) is 10.2. The first-order valence-corrected chi connectivity index (χ1v) is 17.5. The predicted octanol–water partition coefficient (Wildman–Crippen LogP) is 8.13. The van der Waals surface area contributed by atoms with Crippen LogP contribution in [0.1, 0.15) is 94.9 Å². The average Bonchev–Trinajstić information content (AvgIpc) is 2.97. The highest BCUT2D eigenvalue weighted by molar-refractivity contribution is 14.1. The zero-order chi connectivity index (χ0) is 34.1. The number of ether oxygens (including phenoxy) is 1. The van der Waals surface area contributed by atoms with Crippen LogP contribution in [0.4, 0.5) is 0 Å². The minimum Gasteiger partial charge on any atom is -0.466 e. The molecule has 0 aromatic carbocycles. The summed E-state index contributed by atoms with van der Waals surface area (Å²) in [7, 11) is 0. The Morgan fingerprint density at radius 2 is 1.22 bits per heavy atom. The van der Waals surface area contributed by atoms with E-state index in [1.807, 2.05) is 33.8 Å². The minimum atomic E-state index is -0.188. The van der Waals surface area contributed by atoms with Crippen LogP contribution in [0.3, 0.4) is 0 Å². The fourth-order valence-corrected chi connectivity index (χ4v) is 1.96. The third kappa shape index (κ3) is 92.5. The SMILES string of the molecule is C#CC.C=CC.C=CC[C@@H](C)CO.CC(=O)OC[C@@H](C)CI.CCC[C@H](C)CO.CC[C@@H](C)CO.C[C@@H](CO)CI. The van der Waals surface area contributed by atoms with Crippen LogP contribution < -0.4 is 0 Å². The fourth-order valence-electron chi connectivity index (χ4n) is 1.43. The van der Waals surface area contributed by atoms with E-state index in [9.17, 15) is 4.79 Å². The second-order valence-corrected chi connectivity index (χ2v) is 11.5. The first-order valence-electron chi connectivity index (χ1n) is 14.5. The maximum atomic E-state index is 10.2. The van der Waals surface area contributed by atoms with Crippen LogP contribution in [-0.2, 0) is 9.53 Å². The van der Waals surface area contributed by atoms with Crippen molar-refractivity contribution in [2.24, 2.45) is 29.6 Å². The molecule has 8 heteroatoms. The number of rotatable bonds is 13. The Morgan fingerprint density at radius 1 is 0.854 bits per heavy atom. The highest BCUT2D eigenvalue weighted by Crippen LogP contribution is 2.02. The van der Waals surface area contributed by atoms with Crippen molar-refractivity contribution in [3.8, 4) is 12.3 Å². The highest BCUT2D eigenvalue weighted by atomic mass is 127. The molecular formula is C33H68I2O6. The van der Waals surface area contributed by atoms with E-state index in [-0.39, 0.29) is 12.6 Å². The van der Waals surface area contributed by atoms with Gasteiger partial charge in [0.05, 0.1) is 6.61 Å². The number of allylic oxidation sites excluding steroid dienone is 2. The van der Waals surface area contributed by atoms with E-state index in [1.165, 1.54) is 13.3 Å². The lowest BCUT2D eigenvalue weighted by Gasteiger charge is -2.05. The van der Waals surface area contributed by atoms with E-state index in [2.05, 4.69) is 98.4 Å². The van der Waals surface area contributed by atoms with Crippen molar-refractivity contribution in [2.75, 3.05) is 41.9 Å². The molecule has 0 radical (unpaired) electrons. The zero-order valence-electron chi connectivity index (χ0n) is 28.2. The van der Waals surface area contributed by atoms with Gasteiger partial charge in [-0.2, -0.15) is 0 Å². The molecule has 4 N–H and O–H groups in total. The van der Waals surface area contributed by atoms with Crippen molar-refractivity contribution in [3.63, 3.8) is 0 Å². The highest BCUT2D eigenvalue weighted by Gasteiger charge is 2.00. The van der Waals surface area contributed by atoms with Gasteiger partial charge in [0.1, 0.15) is 0 Å². The van der Waals surface area contributed by atoms with Crippen molar-refractivity contribution >= 4 is 51.2 Å². The maximum Gasteiger partial charge on any atom is 0.302 e. The van der Waals surface area contributed by atoms with Crippen LogP contribution in [0.2, 0.25) is 0 Å². The number of esters is 1. The predicted molar refractivity (Wildman–Crippen MR) is 199 cm³/mol. The van der Waals surface area contributed by atoms with E-state index in [0.717, 1.165) is 28.1 Å². The molecular weight excluding hydrogens is 746 g/mol. The van der Waals surface area contributed by atoms with Crippen molar-refractivity contribution in [1.29, 1.82) is 0 Å². The Morgan fingerprint density at radius 3 is 1.34 bits per heavy atom. The van der Waals surface area contributed by atoms with Crippen molar-refractivity contribution in [1.82, 2.24) is 0 Å². The number of hydrogen-bond acceptors (Lipinski definition) is 6. The lowest BCUT2D eigenvalue weighted by molar-refractivity contribution is -0.141. The molecule has 0 spiro atoms. The van der Waals surface area contributed by atoms with E-state index in [4.69, 9.17) is 25.2 Å². The Bertz CT molecular complexity index is 494. The molecule has 0 saturated heterocycles. The lowest BCUT2D eigenvalue weighted by atomic mass is 10.1. The number of hydrogen-bond donors (Lipinski definition) is 4. The first-order chi connectivity index (χ1) is 19.2. The van der Waals surface area contributed by atoms with E-state index >= 15 is 0 Å². The molecule has 41 heavy (non-hydrogen) atoms. The largest absolute Gasteiger partial charge is 0.466 e. The van der Waals surface area contributed by atoms with E-state index < -0.39 is 0 Å². The second-order valence-electron chi connectivity index (χ2n) is 9.79. The van der Waals surface area contributed by atoms with Gasteiger partial charge in [0.25, 0.3) is 0 Å². The Labute approximate surface area is 283 Å². The van der Waals surface area contributed by atoms with Gasteiger partial charge >= 0.3 is 5.97 Å². The molecule has 0 heterocycles. The summed E-state index contributed by atoms with van der Waals surface area (Å²) in [5.74, 6) is 4.40. The molecule has 0 rings (SSSR count). The number of alkyl halides is 2. The van der Waals surface area contributed by atoms with Gasteiger partial charge in [-0.1, -0.05) is 119 Å². The molecule has 0 amide bonds. The average molecular weight is 815 g/mol. The summed E-state index contributed by atoms with van der Waals surface area (Å²) < 4.78 is 6.83. The molecule has 0 aliphatic rings. The molecule has 0 aromatic heterocycles. The second kappa shape index (κ2) is 55.7. The smallest absolute Gasteiger partial charge is 0.302 e. The molecule has 0 aliphatic heterocycles. The number of halogens is 2. The van der Waals surface area contributed by atoms with Crippen LogP contribution in [-0.4, -0.2) is 68.3 Å². The van der Waals surface area contributed by atoms with E-state index in [0.29, 0.717) is 56.0 Å². The van der Waals surface area contributed by atoms with Crippen molar-refractivity contribution in [2.45, 2.75) is 94.9 Å². The van der Waals surface area contributed by atoms with E-state index in [1.54, 1.807) is 13.0 Å². The summed E-state index contributed by atoms with van der Waals surface area (Å²) in [6.45, 7) is 28.0. The number of aliphatic hydroxyl groups is 4. The van der Waals surface area contributed by atoms with Gasteiger partial charge in [0.2, 0.25) is 0 Å². The summed E-state index contributed by atoms with van der Waals surface area (Å²) in [5.41, 5.74) is 0. The summed E-state index contributed by atoms with van der Waals surface area (Å²) in [5, 5.41) is 33.5. The lowest BCUT2D eigenvalue weighted by Crippen LogP contribution is -2.09. The monoisotopic (exact) mass is 814 g/mol. The van der Waals surface area contributed by atoms with Gasteiger partial charge in [0.15, 0.2) is 0 Å². The van der Waals surface area contributed by atoms with Crippen molar-refractivity contribution in [3.05, 3.63) is 25.3 Å². The van der Waals surface area contributed by atoms with Gasteiger partial charge in [0, 0.05) is 42.2 Å². The molecule has 0 aliphatic carbocycles. The number of carbonyl (C=O) groups is 1. The quantitative estimate of drug-likeness (QED) is 0.0492. The molecule has 5 atom stereocenters. The maximum absolute atomic E-state index is 10.2. The topological polar surface area (TPSA) is 107 Å². The normalized spacial score (nSPS) is 12.3. The fraction of sp³-hybridized carbons (Fsp3) is 0.788. The molecule has 6 nitrogen and oxygen atoms in total. The summed E-state index contributed by atoms with van der Waals surface area (Å²) in [6, 6.07) is 0. The number of terminal acetylenes is 1. The Hall–Kier alpha value is -0.190. The Kier molecular flexibility index (Phi) is 76.9. The third-order valence-electron chi connectivity index (χ3n) is 4.39. The first kappa shape index (κ1) is 56.6. The standard InChI is InChI=1S/C6H11IO2.C6H14O.C6H12O.C5H12O.C4H9IO.C3H6.C3H4/c1-5(3-7)4-9-6(2)8;2*1-3-4-6(2)5-7;1-3-5(2)4-6;1-4(2-5)3-6;2*1-3-2/h5H,3-4H2,1-2H3;6-7H,3-5H2,1-2H3;3,6-7H,1,4-5H2,2H3;5-6H,3-4H2,1-2H3;4,6H,2-3H2,1H3;3H,1H2,2H3;1H,2H3/t5-;2*6-;5-;4-;;/m00111../s1. The van der Waals surface area contributed by atoms with Crippen LogP contribution >= 0.6 is 45.2 Å². The van der Waals surface area contributed by atoms with Crippen LogP contribution in [0, 0.1) is 41.9 Å². The zero-order valence-corrected chi connectivity index (χ0v) is 32.5. The third-order valence-corrected chi connectivity index (χ3v) is 7.40. The molecule has 0 unspecified atom stereocenters. The van der Waals surface area contributed by atoms with Gasteiger partial charge in [-0.25, -0.2) is 0 Å². The number of carbonyl (C=O) groups excluding carboxylic acids is 1. The van der Waals surface area contributed by atoms with Crippen LogP contribution in [0.25, 0.3) is 0 Å². The van der Waals surface area contributed by atoms with Gasteiger partial charge in [-0.05, 0) is 56.3 Å². The number of aliphatic hydroxyl groups excluding tert-OH is 4. The molecule has 0 bridgehead atoms.